The number of anilines is 1. The van der Waals surface area contributed by atoms with Crippen LogP contribution in [0.25, 0.3) is 21.0 Å². The Morgan fingerprint density at radius 1 is 0.879 bits per heavy atom. The van der Waals surface area contributed by atoms with Gasteiger partial charge in [-0.2, -0.15) is 0 Å². The fourth-order valence-electron chi connectivity index (χ4n) is 3.83. The molecule has 1 aromatic heterocycles. The van der Waals surface area contributed by atoms with Gasteiger partial charge in [0.2, 0.25) is 0 Å². The number of methoxy groups -OCH3 is 2. The van der Waals surface area contributed by atoms with Gasteiger partial charge in [0, 0.05) is 0 Å². The van der Waals surface area contributed by atoms with Crippen LogP contribution in [-0.4, -0.2) is 25.1 Å². The summed E-state index contributed by atoms with van der Waals surface area (Å²) in [5.41, 5.74) is 2.35. The molecular formula is C27H22N2O3S. The van der Waals surface area contributed by atoms with Crippen LogP contribution in [0.2, 0.25) is 0 Å². The number of rotatable bonds is 6. The molecule has 0 saturated heterocycles. The first kappa shape index (κ1) is 21.0. The summed E-state index contributed by atoms with van der Waals surface area (Å²) in [5, 5.41) is 2.63. The molecule has 5 aromatic rings. The van der Waals surface area contributed by atoms with Crippen LogP contribution in [0.3, 0.4) is 0 Å². The zero-order valence-corrected chi connectivity index (χ0v) is 19.1. The summed E-state index contributed by atoms with van der Waals surface area (Å²) < 4.78 is 11.9. The average Bonchev–Trinajstić information content (AvgIpc) is 3.29. The SMILES string of the molecule is COc1ccc2nc(N(Cc3ccccc3)C(=O)c3cc4ccccc4cc3OC)sc2c1. The van der Waals surface area contributed by atoms with Crippen LogP contribution in [0, 0.1) is 0 Å². The van der Waals surface area contributed by atoms with Crippen molar-refractivity contribution in [3.63, 3.8) is 0 Å². The van der Waals surface area contributed by atoms with Crippen LogP contribution in [-0.2, 0) is 6.54 Å². The molecular weight excluding hydrogens is 432 g/mol. The van der Waals surface area contributed by atoms with Crippen molar-refractivity contribution in [1.82, 2.24) is 4.98 Å². The van der Waals surface area contributed by atoms with E-state index in [0.29, 0.717) is 23.0 Å². The third kappa shape index (κ3) is 4.13. The zero-order valence-electron chi connectivity index (χ0n) is 18.3. The second kappa shape index (κ2) is 8.92. The summed E-state index contributed by atoms with van der Waals surface area (Å²) >= 11 is 1.47. The molecule has 1 heterocycles. The normalized spacial score (nSPS) is 11.0. The van der Waals surface area contributed by atoms with Crippen LogP contribution in [0.1, 0.15) is 15.9 Å². The van der Waals surface area contributed by atoms with Crippen molar-refractivity contribution in [3.05, 3.63) is 96.1 Å². The van der Waals surface area contributed by atoms with Crippen molar-refractivity contribution in [1.29, 1.82) is 0 Å². The van der Waals surface area contributed by atoms with Crippen LogP contribution >= 0.6 is 11.3 Å². The summed E-state index contributed by atoms with van der Waals surface area (Å²) in [4.78, 5) is 20.5. The highest BCUT2D eigenvalue weighted by Gasteiger charge is 2.25. The van der Waals surface area contributed by atoms with Gasteiger partial charge in [-0.05, 0) is 46.7 Å². The fourth-order valence-corrected chi connectivity index (χ4v) is 4.82. The smallest absolute Gasteiger partial charge is 0.264 e. The van der Waals surface area contributed by atoms with Gasteiger partial charge in [-0.15, -0.1) is 0 Å². The first-order valence-corrected chi connectivity index (χ1v) is 11.3. The molecule has 0 atom stereocenters. The third-order valence-corrected chi connectivity index (χ3v) is 6.58. The van der Waals surface area contributed by atoms with E-state index in [1.54, 1.807) is 19.1 Å². The molecule has 164 valence electrons. The molecule has 0 spiro atoms. The number of ether oxygens (including phenoxy) is 2. The third-order valence-electron chi connectivity index (χ3n) is 5.54. The number of carbonyl (C=O) groups is 1. The molecule has 4 aromatic carbocycles. The fraction of sp³-hybridized carbons (Fsp3) is 0.111. The van der Waals surface area contributed by atoms with Gasteiger partial charge >= 0.3 is 0 Å². The highest BCUT2D eigenvalue weighted by molar-refractivity contribution is 7.22. The lowest BCUT2D eigenvalue weighted by atomic mass is 10.0. The van der Waals surface area contributed by atoms with Gasteiger partial charge in [0.15, 0.2) is 5.13 Å². The van der Waals surface area contributed by atoms with Crippen molar-refractivity contribution in [2.24, 2.45) is 0 Å². The lowest BCUT2D eigenvalue weighted by Crippen LogP contribution is -2.30. The van der Waals surface area contributed by atoms with E-state index in [2.05, 4.69) is 0 Å². The molecule has 0 saturated carbocycles. The number of nitrogens with zero attached hydrogens (tertiary/aromatic N) is 2. The van der Waals surface area contributed by atoms with E-state index in [0.717, 1.165) is 32.3 Å². The highest BCUT2D eigenvalue weighted by Crippen LogP contribution is 2.35. The quantitative estimate of drug-likeness (QED) is 0.302. The monoisotopic (exact) mass is 454 g/mol. The van der Waals surface area contributed by atoms with Gasteiger partial charge in [-0.3, -0.25) is 9.69 Å². The molecule has 0 aliphatic rings. The molecule has 1 amide bonds. The molecule has 33 heavy (non-hydrogen) atoms. The molecule has 0 aliphatic carbocycles. The van der Waals surface area contributed by atoms with Crippen molar-refractivity contribution in [2.75, 3.05) is 19.1 Å². The number of thiazole rings is 1. The van der Waals surface area contributed by atoms with Crippen molar-refractivity contribution >= 4 is 43.4 Å². The summed E-state index contributed by atoms with van der Waals surface area (Å²) in [7, 11) is 3.23. The highest BCUT2D eigenvalue weighted by atomic mass is 32.1. The van der Waals surface area contributed by atoms with Crippen LogP contribution in [0.5, 0.6) is 11.5 Å². The predicted molar refractivity (Wildman–Crippen MR) is 134 cm³/mol. The largest absolute Gasteiger partial charge is 0.497 e. The molecule has 0 bridgehead atoms. The summed E-state index contributed by atoms with van der Waals surface area (Å²) in [5.74, 6) is 1.14. The first-order valence-electron chi connectivity index (χ1n) is 10.5. The van der Waals surface area contributed by atoms with Gasteiger partial charge < -0.3 is 9.47 Å². The van der Waals surface area contributed by atoms with Crippen molar-refractivity contribution in [2.45, 2.75) is 6.54 Å². The minimum absolute atomic E-state index is 0.160. The van der Waals surface area contributed by atoms with Gasteiger partial charge in [0.05, 0.1) is 36.5 Å². The maximum absolute atomic E-state index is 14.0. The Hall–Kier alpha value is -3.90. The average molecular weight is 455 g/mol. The molecule has 0 N–H and O–H groups in total. The maximum Gasteiger partial charge on any atom is 0.264 e. The topological polar surface area (TPSA) is 51.7 Å². The number of benzene rings is 4. The second-order valence-electron chi connectivity index (χ2n) is 7.61. The van der Waals surface area contributed by atoms with Crippen LogP contribution in [0.4, 0.5) is 5.13 Å². The van der Waals surface area contributed by atoms with Gasteiger partial charge in [0.25, 0.3) is 5.91 Å². The van der Waals surface area contributed by atoms with E-state index >= 15 is 0 Å². The maximum atomic E-state index is 14.0. The Balaban J connectivity index is 1.63. The summed E-state index contributed by atoms with van der Waals surface area (Å²) in [6.07, 6.45) is 0. The molecule has 0 unspecified atom stereocenters. The van der Waals surface area contributed by atoms with E-state index < -0.39 is 0 Å². The number of carbonyl (C=O) groups excluding carboxylic acids is 1. The lowest BCUT2D eigenvalue weighted by Gasteiger charge is -2.21. The number of fused-ring (bicyclic) bond motifs is 2. The molecule has 6 heteroatoms. The van der Waals surface area contributed by atoms with Crippen molar-refractivity contribution < 1.29 is 14.3 Å². The van der Waals surface area contributed by atoms with E-state index in [9.17, 15) is 4.79 Å². The van der Waals surface area contributed by atoms with Gasteiger partial charge in [0.1, 0.15) is 11.5 Å². The standard InChI is InChI=1S/C27H22N2O3S/c1-31-21-12-13-23-25(16-21)33-27(28-23)29(17-18-8-4-3-5-9-18)26(30)22-14-19-10-6-7-11-20(19)15-24(22)32-2/h3-16H,17H2,1-2H3. The van der Waals surface area contributed by atoms with E-state index in [-0.39, 0.29) is 5.91 Å². The summed E-state index contributed by atoms with van der Waals surface area (Å²) in [6.45, 7) is 0.395. The number of hydrogen-bond donors (Lipinski definition) is 0. The second-order valence-corrected chi connectivity index (χ2v) is 8.62. The Kier molecular flexibility index (Phi) is 5.67. The van der Waals surface area contributed by atoms with Gasteiger partial charge in [-0.25, -0.2) is 4.98 Å². The van der Waals surface area contributed by atoms with E-state index in [1.807, 2.05) is 84.9 Å². The Morgan fingerprint density at radius 3 is 2.33 bits per heavy atom. The zero-order chi connectivity index (χ0) is 22.8. The Labute approximate surface area is 195 Å². The molecule has 0 fully saturated rings. The predicted octanol–water partition coefficient (Wildman–Crippen LogP) is 6.31. The first-order chi connectivity index (χ1) is 16.2. The summed E-state index contributed by atoms with van der Waals surface area (Å²) in [6, 6.07) is 27.4. The van der Waals surface area contributed by atoms with Gasteiger partial charge in [-0.1, -0.05) is 65.9 Å². The van der Waals surface area contributed by atoms with Crippen molar-refractivity contribution in [3.8, 4) is 11.5 Å². The number of aromatic nitrogens is 1. The minimum atomic E-state index is -0.160. The Bertz CT molecular complexity index is 1450. The molecule has 0 aliphatic heterocycles. The Morgan fingerprint density at radius 2 is 1.61 bits per heavy atom. The van der Waals surface area contributed by atoms with E-state index in [1.165, 1.54) is 11.3 Å². The minimum Gasteiger partial charge on any atom is -0.497 e. The molecule has 0 radical (unpaired) electrons. The number of hydrogen-bond acceptors (Lipinski definition) is 5. The molecule has 5 nitrogen and oxygen atoms in total. The molecule has 5 rings (SSSR count). The van der Waals surface area contributed by atoms with Crippen LogP contribution < -0.4 is 14.4 Å². The number of amides is 1. The lowest BCUT2D eigenvalue weighted by molar-refractivity contribution is 0.0982. The van der Waals surface area contributed by atoms with E-state index in [4.69, 9.17) is 14.5 Å². The van der Waals surface area contributed by atoms with Crippen LogP contribution in [0.15, 0.2) is 84.9 Å².